The minimum absolute atomic E-state index is 0.152. The highest BCUT2D eigenvalue weighted by atomic mass is 32.1. The summed E-state index contributed by atoms with van der Waals surface area (Å²) in [5.74, 6) is -0.152. The second-order valence-electron chi connectivity index (χ2n) is 4.36. The molecule has 5 nitrogen and oxygen atoms in total. The maximum Gasteiger partial charge on any atom is 0.270 e. The summed E-state index contributed by atoms with van der Waals surface area (Å²) in [4.78, 5) is 15.8. The van der Waals surface area contributed by atoms with Crippen LogP contribution in [0.25, 0.3) is 0 Å². The van der Waals surface area contributed by atoms with Gasteiger partial charge in [-0.05, 0) is 12.8 Å². The Morgan fingerprint density at radius 1 is 1.56 bits per heavy atom. The van der Waals surface area contributed by atoms with E-state index in [1.165, 1.54) is 24.2 Å². The maximum atomic E-state index is 11.7. The first kappa shape index (κ1) is 13.5. The highest BCUT2D eigenvalue weighted by molar-refractivity contribution is 7.09. The van der Waals surface area contributed by atoms with E-state index < -0.39 is 0 Å². The first-order valence-corrected chi connectivity index (χ1v) is 7.22. The second-order valence-corrected chi connectivity index (χ2v) is 5.31. The highest BCUT2D eigenvalue weighted by Crippen LogP contribution is 2.20. The SMILES string of the molecule is NCc1nc(C(=O)NCCOC2CCCC2)cs1. The van der Waals surface area contributed by atoms with E-state index >= 15 is 0 Å². The Morgan fingerprint density at radius 2 is 2.33 bits per heavy atom. The zero-order chi connectivity index (χ0) is 12.8. The van der Waals surface area contributed by atoms with Crippen LogP contribution in [0.3, 0.4) is 0 Å². The lowest BCUT2D eigenvalue weighted by Gasteiger charge is -2.10. The fraction of sp³-hybridized carbons (Fsp3) is 0.667. The van der Waals surface area contributed by atoms with E-state index in [0.29, 0.717) is 31.5 Å². The summed E-state index contributed by atoms with van der Waals surface area (Å²) in [7, 11) is 0. The van der Waals surface area contributed by atoms with Crippen molar-refractivity contribution in [2.75, 3.05) is 13.2 Å². The van der Waals surface area contributed by atoms with Gasteiger partial charge in [0.1, 0.15) is 10.7 Å². The van der Waals surface area contributed by atoms with E-state index in [1.54, 1.807) is 5.38 Å². The van der Waals surface area contributed by atoms with Gasteiger partial charge in [0.2, 0.25) is 0 Å². The minimum atomic E-state index is -0.152. The number of carbonyl (C=O) groups is 1. The predicted molar refractivity (Wildman–Crippen MR) is 70.5 cm³/mol. The van der Waals surface area contributed by atoms with Crippen molar-refractivity contribution in [1.82, 2.24) is 10.3 Å². The van der Waals surface area contributed by atoms with Gasteiger partial charge in [-0.3, -0.25) is 4.79 Å². The van der Waals surface area contributed by atoms with E-state index in [2.05, 4.69) is 10.3 Å². The topological polar surface area (TPSA) is 77.2 Å². The molecule has 1 heterocycles. The van der Waals surface area contributed by atoms with Gasteiger partial charge >= 0.3 is 0 Å². The normalized spacial score (nSPS) is 16.1. The van der Waals surface area contributed by atoms with Crippen LogP contribution in [0, 0.1) is 0 Å². The van der Waals surface area contributed by atoms with Gasteiger partial charge in [0.25, 0.3) is 5.91 Å². The third-order valence-electron chi connectivity index (χ3n) is 3.00. The third-order valence-corrected chi connectivity index (χ3v) is 3.87. The Balaban J connectivity index is 1.65. The number of thiazole rings is 1. The number of hydrogen-bond donors (Lipinski definition) is 2. The first-order chi connectivity index (χ1) is 8.79. The largest absolute Gasteiger partial charge is 0.376 e. The van der Waals surface area contributed by atoms with Gasteiger partial charge in [0.15, 0.2) is 0 Å². The van der Waals surface area contributed by atoms with Gasteiger partial charge in [-0.2, -0.15) is 0 Å². The summed E-state index contributed by atoms with van der Waals surface area (Å²) in [5, 5.41) is 5.31. The summed E-state index contributed by atoms with van der Waals surface area (Å²) in [6.07, 6.45) is 5.22. The summed E-state index contributed by atoms with van der Waals surface area (Å²) in [6.45, 7) is 1.48. The van der Waals surface area contributed by atoms with Gasteiger partial charge in [-0.15, -0.1) is 11.3 Å². The average molecular weight is 269 g/mol. The van der Waals surface area contributed by atoms with Crippen LogP contribution in [0.4, 0.5) is 0 Å². The molecule has 0 unspecified atom stereocenters. The molecule has 0 aromatic carbocycles. The molecular weight excluding hydrogens is 250 g/mol. The van der Waals surface area contributed by atoms with Crippen molar-refractivity contribution in [3.05, 3.63) is 16.1 Å². The molecule has 1 fully saturated rings. The molecule has 1 aromatic rings. The molecule has 0 spiro atoms. The summed E-state index contributed by atoms with van der Waals surface area (Å²) < 4.78 is 5.66. The van der Waals surface area contributed by atoms with E-state index in [1.807, 2.05) is 0 Å². The second kappa shape index (κ2) is 6.82. The molecule has 0 aliphatic heterocycles. The average Bonchev–Trinajstić information content (AvgIpc) is 3.05. The number of aromatic nitrogens is 1. The molecule has 0 radical (unpaired) electrons. The van der Waals surface area contributed by atoms with Crippen molar-refractivity contribution in [3.63, 3.8) is 0 Å². The van der Waals surface area contributed by atoms with Crippen molar-refractivity contribution >= 4 is 17.2 Å². The summed E-state index contributed by atoms with van der Waals surface area (Å²) in [5.41, 5.74) is 5.90. The van der Waals surface area contributed by atoms with Gasteiger partial charge in [0.05, 0.1) is 12.7 Å². The molecular formula is C12H19N3O2S. The zero-order valence-corrected chi connectivity index (χ0v) is 11.2. The lowest BCUT2D eigenvalue weighted by Crippen LogP contribution is -2.28. The summed E-state index contributed by atoms with van der Waals surface area (Å²) >= 11 is 1.41. The fourth-order valence-corrected chi connectivity index (χ4v) is 2.70. The monoisotopic (exact) mass is 269 g/mol. The van der Waals surface area contributed by atoms with Crippen LogP contribution in [0.2, 0.25) is 0 Å². The van der Waals surface area contributed by atoms with Crippen LogP contribution >= 0.6 is 11.3 Å². The van der Waals surface area contributed by atoms with Crippen molar-refractivity contribution < 1.29 is 9.53 Å². The van der Waals surface area contributed by atoms with Gasteiger partial charge in [-0.25, -0.2) is 4.98 Å². The van der Waals surface area contributed by atoms with E-state index in [0.717, 1.165) is 17.8 Å². The number of hydrogen-bond acceptors (Lipinski definition) is 5. The van der Waals surface area contributed by atoms with Crippen LogP contribution in [0.1, 0.15) is 41.2 Å². The van der Waals surface area contributed by atoms with E-state index in [9.17, 15) is 4.79 Å². The molecule has 1 aliphatic rings. The molecule has 1 aromatic heterocycles. The van der Waals surface area contributed by atoms with Crippen LogP contribution in [-0.4, -0.2) is 30.1 Å². The maximum absolute atomic E-state index is 11.7. The number of amides is 1. The molecule has 1 aliphatic carbocycles. The number of ether oxygens (including phenoxy) is 1. The molecule has 0 bridgehead atoms. The molecule has 2 rings (SSSR count). The highest BCUT2D eigenvalue weighted by Gasteiger charge is 2.15. The van der Waals surface area contributed by atoms with E-state index in [-0.39, 0.29) is 5.91 Å². The molecule has 0 saturated heterocycles. The van der Waals surface area contributed by atoms with Crippen molar-refractivity contribution in [1.29, 1.82) is 0 Å². The molecule has 1 saturated carbocycles. The summed E-state index contributed by atoms with van der Waals surface area (Å²) in [6, 6.07) is 0. The Kier molecular flexibility index (Phi) is 5.10. The lowest BCUT2D eigenvalue weighted by atomic mass is 10.3. The standard InChI is InChI=1S/C12H19N3O2S/c13-7-11-15-10(8-18-11)12(16)14-5-6-17-9-3-1-2-4-9/h8-9H,1-7,13H2,(H,14,16). The molecule has 100 valence electrons. The third kappa shape index (κ3) is 3.76. The molecule has 3 N–H and O–H groups in total. The van der Waals surface area contributed by atoms with Gasteiger partial charge < -0.3 is 15.8 Å². The Bertz CT molecular complexity index is 388. The van der Waals surface area contributed by atoms with Gasteiger partial charge in [0, 0.05) is 18.5 Å². The lowest BCUT2D eigenvalue weighted by molar-refractivity contribution is 0.0581. The number of nitrogens with two attached hydrogens (primary N) is 1. The Morgan fingerprint density at radius 3 is 3.00 bits per heavy atom. The van der Waals surface area contributed by atoms with Crippen LogP contribution in [0.5, 0.6) is 0 Å². The van der Waals surface area contributed by atoms with E-state index in [4.69, 9.17) is 10.5 Å². The zero-order valence-electron chi connectivity index (χ0n) is 10.4. The molecule has 0 atom stereocenters. The fourth-order valence-electron chi connectivity index (χ4n) is 2.04. The van der Waals surface area contributed by atoms with Crippen molar-refractivity contribution in [2.45, 2.75) is 38.3 Å². The first-order valence-electron chi connectivity index (χ1n) is 6.34. The van der Waals surface area contributed by atoms with Crippen LogP contribution in [-0.2, 0) is 11.3 Å². The Hall–Kier alpha value is -0.980. The quantitative estimate of drug-likeness (QED) is 0.763. The molecule has 18 heavy (non-hydrogen) atoms. The van der Waals surface area contributed by atoms with Crippen LogP contribution < -0.4 is 11.1 Å². The van der Waals surface area contributed by atoms with Crippen LogP contribution in [0.15, 0.2) is 5.38 Å². The predicted octanol–water partition coefficient (Wildman–Crippen LogP) is 1.29. The number of carbonyl (C=O) groups excluding carboxylic acids is 1. The number of nitrogens with one attached hydrogen (secondary N) is 1. The molecule has 1 amide bonds. The van der Waals surface area contributed by atoms with Crippen molar-refractivity contribution in [2.24, 2.45) is 5.73 Å². The Labute approximate surface area is 111 Å². The smallest absolute Gasteiger partial charge is 0.270 e. The van der Waals surface area contributed by atoms with Gasteiger partial charge in [-0.1, -0.05) is 12.8 Å². The van der Waals surface area contributed by atoms with Crippen molar-refractivity contribution in [3.8, 4) is 0 Å². The molecule has 6 heteroatoms. The number of rotatable bonds is 6. The minimum Gasteiger partial charge on any atom is -0.376 e. The number of nitrogens with zero attached hydrogens (tertiary/aromatic N) is 1.